The van der Waals surface area contributed by atoms with Crippen LogP contribution in [0.15, 0.2) is 18.3 Å². The molecule has 12 heavy (non-hydrogen) atoms. The Balaban J connectivity index is 2.95. The summed E-state index contributed by atoms with van der Waals surface area (Å²) in [7, 11) is 0. The SMILES string of the molecule is CSC(C#N)c1cc(C)ccn1. The third-order valence-corrected chi connectivity index (χ3v) is 2.38. The van der Waals surface area contributed by atoms with E-state index in [1.165, 1.54) is 11.8 Å². The van der Waals surface area contributed by atoms with Gasteiger partial charge in [-0.2, -0.15) is 5.26 Å². The van der Waals surface area contributed by atoms with E-state index in [2.05, 4.69) is 11.1 Å². The van der Waals surface area contributed by atoms with Crippen molar-refractivity contribution in [2.45, 2.75) is 12.2 Å². The van der Waals surface area contributed by atoms with Gasteiger partial charge in [-0.15, -0.1) is 11.8 Å². The minimum absolute atomic E-state index is 0.134. The first-order valence-electron chi connectivity index (χ1n) is 3.63. The number of nitrogens with zero attached hydrogens (tertiary/aromatic N) is 2. The van der Waals surface area contributed by atoms with Crippen LogP contribution in [0.4, 0.5) is 0 Å². The van der Waals surface area contributed by atoms with Crippen LogP contribution in [0.25, 0.3) is 0 Å². The van der Waals surface area contributed by atoms with Gasteiger partial charge in [-0.3, -0.25) is 4.98 Å². The zero-order chi connectivity index (χ0) is 8.97. The molecule has 0 aliphatic heterocycles. The van der Waals surface area contributed by atoms with E-state index in [0.717, 1.165) is 11.3 Å². The molecule has 0 aromatic carbocycles. The second-order valence-corrected chi connectivity index (χ2v) is 3.45. The van der Waals surface area contributed by atoms with Crippen molar-refractivity contribution in [2.24, 2.45) is 0 Å². The van der Waals surface area contributed by atoms with Gasteiger partial charge < -0.3 is 0 Å². The maximum Gasteiger partial charge on any atom is 0.133 e. The smallest absolute Gasteiger partial charge is 0.133 e. The van der Waals surface area contributed by atoms with Crippen molar-refractivity contribution in [1.29, 1.82) is 5.26 Å². The van der Waals surface area contributed by atoms with Crippen LogP contribution in [0.5, 0.6) is 0 Å². The average molecular weight is 178 g/mol. The number of thioether (sulfide) groups is 1. The number of hydrogen-bond donors (Lipinski definition) is 0. The first-order chi connectivity index (χ1) is 5.77. The standard InChI is InChI=1S/C9H10N2S/c1-7-3-4-11-8(5-7)9(6-10)12-2/h3-5,9H,1-2H3. The summed E-state index contributed by atoms with van der Waals surface area (Å²) in [6.07, 6.45) is 3.66. The highest BCUT2D eigenvalue weighted by Crippen LogP contribution is 2.23. The van der Waals surface area contributed by atoms with Crippen molar-refractivity contribution in [1.82, 2.24) is 4.98 Å². The van der Waals surface area contributed by atoms with Gasteiger partial charge in [-0.1, -0.05) is 0 Å². The third-order valence-electron chi connectivity index (χ3n) is 1.56. The van der Waals surface area contributed by atoms with Crippen LogP contribution >= 0.6 is 11.8 Å². The highest BCUT2D eigenvalue weighted by atomic mass is 32.2. The molecule has 3 heteroatoms. The number of aromatic nitrogens is 1. The lowest BCUT2D eigenvalue weighted by molar-refractivity contribution is 1.08. The largest absolute Gasteiger partial charge is 0.259 e. The third kappa shape index (κ3) is 1.99. The fraction of sp³-hybridized carbons (Fsp3) is 0.333. The summed E-state index contributed by atoms with van der Waals surface area (Å²) >= 11 is 1.51. The van der Waals surface area contributed by atoms with Crippen LogP contribution in [-0.4, -0.2) is 11.2 Å². The molecule has 0 saturated carbocycles. The zero-order valence-electron chi connectivity index (χ0n) is 7.11. The zero-order valence-corrected chi connectivity index (χ0v) is 7.93. The molecule has 0 N–H and O–H groups in total. The number of rotatable bonds is 2. The van der Waals surface area contributed by atoms with Gasteiger partial charge in [-0.25, -0.2) is 0 Å². The maximum absolute atomic E-state index is 8.76. The van der Waals surface area contributed by atoms with Gasteiger partial charge in [0.1, 0.15) is 5.25 Å². The molecule has 1 aromatic heterocycles. The molecule has 1 atom stereocenters. The Kier molecular flexibility index (Phi) is 3.12. The number of nitriles is 1. The van der Waals surface area contributed by atoms with E-state index in [4.69, 9.17) is 5.26 Å². The lowest BCUT2D eigenvalue weighted by Crippen LogP contribution is -1.93. The lowest BCUT2D eigenvalue weighted by Gasteiger charge is -2.04. The summed E-state index contributed by atoms with van der Waals surface area (Å²) in [5.74, 6) is 0. The topological polar surface area (TPSA) is 36.7 Å². The van der Waals surface area contributed by atoms with E-state index in [-0.39, 0.29) is 5.25 Å². The average Bonchev–Trinajstić information content (AvgIpc) is 2.07. The number of aryl methyl sites for hydroxylation is 1. The second kappa shape index (κ2) is 4.13. The van der Waals surface area contributed by atoms with Crippen molar-refractivity contribution in [3.8, 4) is 6.07 Å². The molecule has 0 bridgehead atoms. The summed E-state index contributed by atoms with van der Waals surface area (Å²) in [6.45, 7) is 2.00. The highest BCUT2D eigenvalue weighted by molar-refractivity contribution is 7.99. The normalized spacial score (nSPS) is 12.1. The summed E-state index contributed by atoms with van der Waals surface area (Å²) in [5.41, 5.74) is 2.00. The fourth-order valence-electron chi connectivity index (χ4n) is 0.943. The summed E-state index contributed by atoms with van der Waals surface area (Å²) in [4.78, 5) is 4.14. The first kappa shape index (κ1) is 9.08. The maximum atomic E-state index is 8.76. The van der Waals surface area contributed by atoms with Gasteiger partial charge in [-0.05, 0) is 30.9 Å². The highest BCUT2D eigenvalue weighted by Gasteiger charge is 2.08. The molecule has 0 spiro atoms. The van der Waals surface area contributed by atoms with Gasteiger partial charge in [0, 0.05) is 6.20 Å². The molecule has 1 heterocycles. The van der Waals surface area contributed by atoms with E-state index in [1.807, 2.05) is 25.3 Å². The molecular weight excluding hydrogens is 168 g/mol. The van der Waals surface area contributed by atoms with Gasteiger partial charge in [0.05, 0.1) is 11.8 Å². The molecule has 0 aliphatic carbocycles. The summed E-state index contributed by atoms with van der Waals surface area (Å²) < 4.78 is 0. The molecule has 0 fully saturated rings. The molecule has 1 unspecified atom stereocenters. The van der Waals surface area contributed by atoms with Crippen molar-refractivity contribution in [3.63, 3.8) is 0 Å². The van der Waals surface area contributed by atoms with Crippen molar-refractivity contribution in [2.75, 3.05) is 6.26 Å². The predicted octanol–water partition coefficient (Wildman–Crippen LogP) is 2.32. The van der Waals surface area contributed by atoms with E-state index in [9.17, 15) is 0 Å². The van der Waals surface area contributed by atoms with Gasteiger partial charge in [0.15, 0.2) is 0 Å². The monoisotopic (exact) mass is 178 g/mol. The van der Waals surface area contributed by atoms with Crippen molar-refractivity contribution < 1.29 is 0 Å². The van der Waals surface area contributed by atoms with E-state index in [0.29, 0.717) is 0 Å². The molecule has 1 rings (SSSR count). The lowest BCUT2D eigenvalue weighted by atomic mass is 10.2. The molecule has 62 valence electrons. The Morgan fingerprint density at radius 2 is 2.42 bits per heavy atom. The number of pyridine rings is 1. The molecule has 2 nitrogen and oxygen atoms in total. The van der Waals surface area contributed by atoms with E-state index < -0.39 is 0 Å². The molecule has 0 aliphatic rings. The Labute approximate surface area is 76.6 Å². The summed E-state index contributed by atoms with van der Waals surface area (Å²) in [6, 6.07) is 6.07. The van der Waals surface area contributed by atoms with Gasteiger partial charge in [0.25, 0.3) is 0 Å². The van der Waals surface area contributed by atoms with Crippen LogP contribution in [0.2, 0.25) is 0 Å². The molecule has 0 saturated heterocycles. The molecule has 0 amide bonds. The van der Waals surface area contributed by atoms with Crippen molar-refractivity contribution >= 4 is 11.8 Å². The van der Waals surface area contributed by atoms with Crippen LogP contribution < -0.4 is 0 Å². The van der Waals surface area contributed by atoms with Crippen LogP contribution in [0.3, 0.4) is 0 Å². The minimum atomic E-state index is -0.134. The Morgan fingerprint density at radius 3 is 2.92 bits per heavy atom. The Hall–Kier alpha value is -1.01. The van der Waals surface area contributed by atoms with Gasteiger partial charge in [0.2, 0.25) is 0 Å². The quantitative estimate of drug-likeness (QED) is 0.697. The fourth-order valence-corrected chi connectivity index (χ4v) is 1.42. The minimum Gasteiger partial charge on any atom is -0.259 e. The van der Waals surface area contributed by atoms with Gasteiger partial charge >= 0.3 is 0 Å². The van der Waals surface area contributed by atoms with Crippen molar-refractivity contribution in [3.05, 3.63) is 29.6 Å². The first-order valence-corrected chi connectivity index (χ1v) is 4.91. The van der Waals surface area contributed by atoms with Crippen LogP contribution in [0.1, 0.15) is 16.5 Å². The molecule has 0 radical (unpaired) electrons. The Morgan fingerprint density at radius 1 is 1.67 bits per heavy atom. The van der Waals surface area contributed by atoms with Crippen LogP contribution in [-0.2, 0) is 0 Å². The van der Waals surface area contributed by atoms with E-state index in [1.54, 1.807) is 6.20 Å². The predicted molar refractivity (Wildman–Crippen MR) is 50.8 cm³/mol. The second-order valence-electron chi connectivity index (χ2n) is 2.50. The molecular formula is C9H10N2S. The van der Waals surface area contributed by atoms with E-state index >= 15 is 0 Å². The summed E-state index contributed by atoms with van der Waals surface area (Å²) in [5, 5.41) is 8.63. The Bertz CT molecular complexity index is 304. The number of hydrogen-bond acceptors (Lipinski definition) is 3. The van der Waals surface area contributed by atoms with Crippen LogP contribution in [0, 0.1) is 18.3 Å². The molecule has 1 aromatic rings.